The molecule has 0 aliphatic heterocycles. The topological polar surface area (TPSA) is 32.3 Å². The second kappa shape index (κ2) is 8.01. The summed E-state index contributed by atoms with van der Waals surface area (Å²) in [6, 6.07) is 16.4. The number of carbonyl (C=O) groups excluding carboxylic acids is 1. The van der Waals surface area contributed by atoms with E-state index in [4.69, 9.17) is 0 Å². The third kappa shape index (κ3) is 4.61. The van der Waals surface area contributed by atoms with E-state index in [2.05, 4.69) is 47.8 Å². The Labute approximate surface area is 136 Å². The van der Waals surface area contributed by atoms with Gasteiger partial charge in [0.05, 0.1) is 0 Å². The van der Waals surface area contributed by atoms with E-state index < -0.39 is 0 Å². The van der Waals surface area contributed by atoms with Crippen LogP contribution in [-0.4, -0.2) is 31.2 Å². The van der Waals surface area contributed by atoms with E-state index in [1.807, 2.05) is 24.3 Å². The van der Waals surface area contributed by atoms with Crippen LogP contribution in [0.15, 0.2) is 53.4 Å². The standard InChI is InChI=1S/C18H22N2OS/c1-19-18(21)16-8-4-14(5-9-16)12-20(2)13-15-6-10-17(22-3)11-7-15/h4-11H,12-13H2,1-3H3,(H,19,21). The number of nitrogens with zero attached hydrogens (tertiary/aromatic N) is 1. The molecule has 0 bridgehead atoms. The molecule has 0 aliphatic carbocycles. The van der Waals surface area contributed by atoms with Crippen molar-refractivity contribution in [2.45, 2.75) is 18.0 Å². The van der Waals surface area contributed by atoms with Crippen molar-refractivity contribution in [1.29, 1.82) is 0 Å². The lowest BCUT2D eigenvalue weighted by molar-refractivity contribution is 0.0963. The van der Waals surface area contributed by atoms with Crippen LogP contribution in [-0.2, 0) is 13.1 Å². The van der Waals surface area contributed by atoms with E-state index in [1.54, 1.807) is 18.8 Å². The molecule has 2 aromatic carbocycles. The Hall–Kier alpha value is -1.78. The highest BCUT2D eigenvalue weighted by atomic mass is 32.2. The summed E-state index contributed by atoms with van der Waals surface area (Å²) in [4.78, 5) is 15.1. The van der Waals surface area contributed by atoms with Gasteiger partial charge >= 0.3 is 0 Å². The Bertz CT molecular complexity index is 608. The summed E-state index contributed by atoms with van der Waals surface area (Å²) < 4.78 is 0. The summed E-state index contributed by atoms with van der Waals surface area (Å²) in [5, 5.41) is 2.63. The van der Waals surface area contributed by atoms with Crippen LogP contribution in [0.2, 0.25) is 0 Å². The molecule has 1 amide bonds. The number of hydrogen-bond donors (Lipinski definition) is 1. The van der Waals surface area contributed by atoms with Crippen molar-refractivity contribution in [3.05, 3.63) is 65.2 Å². The summed E-state index contributed by atoms with van der Waals surface area (Å²) in [7, 11) is 3.75. The molecule has 0 spiro atoms. The number of hydrogen-bond acceptors (Lipinski definition) is 3. The van der Waals surface area contributed by atoms with Crippen molar-refractivity contribution >= 4 is 17.7 Å². The molecular formula is C18H22N2OS. The lowest BCUT2D eigenvalue weighted by Gasteiger charge is -2.17. The SMILES string of the molecule is CNC(=O)c1ccc(CN(C)Cc2ccc(SC)cc2)cc1. The molecule has 0 atom stereocenters. The Balaban J connectivity index is 1.93. The van der Waals surface area contributed by atoms with E-state index in [9.17, 15) is 4.79 Å². The van der Waals surface area contributed by atoms with Crippen LogP contribution >= 0.6 is 11.8 Å². The number of rotatable bonds is 6. The monoisotopic (exact) mass is 314 g/mol. The Morgan fingerprint density at radius 2 is 1.50 bits per heavy atom. The van der Waals surface area contributed by atoms with Crippen LogP contribution in [0.4, 0.5) is 0 Å². The second-order valence-electron chi connectivity index (χ2n) is 5.30. The Morgan fingerprint density at radius 1 is 1.00 bits per heavy atom. The average Bonchev–Trinajstić information content (AvgIpc) is 2.55. The first kappa shape index (κ1) is 16.6. The molecule has 1 N–H and O–H groups in total. The molecule has 0 fully saturated rings. The zero-order valence-electron chi connectivity index (χ0n) is 13.3. The second-order valence-corrected chi connectivity index (χ2v) is 6.18. The maximum atomic E-state index is 11.5. The van der Waals surface area contributed by atoms with Crippen molar-refractivity contribution in [3.63, 3.8) is 0 Å². The summed E-state index contributed by atoms with van der Waals surface area (Å²) in [6.07, 6.45) is 2.09. The zero-order valence-corrected chi connectivity index (χ0v) is 14.1. The lowest BCUT2D eigenvalue weighted by Crippen LogP contribution is -2.19. The fourth-order valence-electron chi connectivity index (χ4n) is 2.32. The van der Waals surface area contributed by atoms with Gasteiger partial charge in [-0.25, -0.2) is 0 Å². The number of carbonyl (C=O) groups is 1. The van der Waals surface area contributed by atoms with Crippen LogP contribution in [0.5, 0.6) is 0 Å². The van der Waals surface area contributed by atoms with E-state index >= 15 is 0 Å². The van der Waals surface area contributed by atoms with Crippen LogP contribution in [0.25, 0.3) is 0 Å². The molecule has 3 nitrogen and oxygen atoms in total. The molecule has 0 saturated heterocycles. The van der Waals surface area contributed by atoms with Gasteiger partial charge in [-0.2, -0.15) is 0 Å². The van der Waals surface area contributed by atoms with Gasteiger partial charge in [0.2, 0.25) is 0 Å². The van der Waals surface area contributed by atoms with Crippen LogP contribution in [0.1, 0.15) is 21.5 Å². The maximum Gasteiger partial charge on any atom is 0.251 e. The van der Waals surface area contributed by atoms with Gasteiger partial charge in [0.25, 0.3) is 5.91 Å². The van der Waals surface area contributed by atoms with Gasteiger partial charge in [0, 0.05) is 30.6 Å². The Morgan fingerprint density at radius 3 is 1.95 bits per heavy atom. The van der Waals surface area contributed by atoms with Gasteiger partial charge < -0.3 is 5.32 Å². The quantitative estimate of drug-likeness (QED) is 0.830. The molecule has 0 heterocycles. The maximum absolute atomic E-state index is 11.5. The number of benzene rings is 2. The molecular weight excluding hydrogens is 292 g/mol. The van der Waals surface area contributed by atoms with E-state index in [-0.39, 0.29) is 5.91 Å². The van der Waals surface area contributed by atoms with Crippen LogP contribution in [0.3, 0.4) is 0 Å². The number of thioether (sulfide) groups is 1. The molecule has 0 aliphatic rings. The van der Waals surface area contributed by atoms with Gasteiger partial charge in [-0.05, 0) is 48.7 Å². The molecule has 0 radical (unpaired) electrons. The van der Waals surface area contributed by atoms with Crippen molar-refractivity contribution in [3.8, 4) is 0 Å². The predicted octanol–water partition coefficient (Wildman–Crippen LogP) is 3.40. The molecule has 0 saturated carbocycles. The minimum absolute atomic E-state index is 0.0474. The van der Waals surface area contributed by atoms with Crippen molar-refractivity contribution in [1.82, 2.24) is 10.2 Å². The third-order valence-electron chi connectivity index (χ3n) is 3.51. The minimum atomic E-state index is -0.0474. The fraction of sp³-hybridized carbons (Fsp3) is 0.278. The number of amides is 1. The normalized spacial score (nSPS) is 10.7. The highest BCUT2D eigenvalue weighted by Crippen LogP contribution is 2.16. The smallest absolute Gasteiger partial charge is 0.251 e. The van der Waals surface area contributed by atoms with Gasteiger partial charge in [0.15, 0.2) is 0 Å². The molecule has 2 rings (SSSR count). The van der Waals surface area contributed by atoms with Gasteiger partial charge in [0.1, 0.15) is 0 Å². The van der Waals surface area contributed by atoms with Crippen molar-refractivity contribution in [2.24, 2.45) is 0 Å². The first-order valence-corrected chi connectivity index (χ1v) is 8.47. The van der Waals surface area contributed by atoms with Crippen molar-refractivity contribution < 1.29 is 4.79 Å². The van der Waals surface area contributed by atoms with E-state index in [0.29, 0.717) is 5.56 Å². The summed E-state index contributed by atoms with van der Waals surface area (Å²) in [6.45, 7) is 1.77. The molecule has 116 valence electrons. The largest absolute Gasteiger partial charge is 0.355 e. The van der Waals surface area contributed by atoms with Crippen molar-refractivity contribution in [2.75, 3.05) is 20.4 Å². The first-order chi connectivity index (χ1) is 10.6. The summed E-state index contributed by atoms with van der Waals surface area (Å²) in [5.41, 5.74) is 3.21. The third-order valence-corrected chi connectivity index (χ3v) is 4.25. The molecule has 4 heteroatoms. The predicted molar refractivity (Wildman–Crippen MR) is 93.2 cm³/mol. The van der Waals surface area contributed by atoms with Gasteiger partial charge in [-0.1, -0.05) is 24.3 Å². The molecule has 2 aromatic rings. The average molecular weight is 314 g/mol. The molecule has 0 unspecified atom stereocenters. The molecule has 22 heavy (non-hydrogen) atoms. The summed E-state index contributed by atoms with van der Waals surface area (Å²) >= 11 is 1.76. The summed E-state index contributed by atoms with van der Waals surface area (Å²) in [5.74, 6) is -0.0474. The van der Waals surface area contributed by atoms with E-state index in [1.165, 1.54) is 16.0 Å². The highest BCUT2D eigenvalue weighted by molar-refractivity contribution is 7.98. The minimum Gasteiger partial charge on any atom is -0.355 e. The zero-order chi connectivity index (χ0) is 15.9. The highest BCUT2D eigenvalue weighted by Gasteiger charge is 2.05. The first-order valence-electron chi connectivity index (χ1n) is 7.25. The Kier molecular flexibility index (Phi) is 6.04. The van der Waals surface area contributed by atoms with Gasteiger partial charge in [-0.3, -0.25) is 9.69 Å². The molecule has 0 aromatic heterocycles. The lowest BCUT2D eigenvalue weighted by atomic mass is 10.1. The fourth-order valence-corrected chi connectivity index (χ4v) is 2.72. The van der Waals surface area contributed by atoms with E-state index in [0.717, 1.165) is 13.1 Å². The van der Waals surface area contributed by atoms with Crippen LogP contribution in [0, 0.1) is 0 Å². The number of nitrogens with one attached hydrogen (secondary N) is 1. The van der Waals surface area contributed by atoms with Gasteiger partial charge in [-0.15, -0.1) is 11.8 Å². The van der Waals surface area contributed by atoms with Crippen LogP contribution < -0.4 is 5.32 Å².